The van der Waals surface area contributed by atoms with E-state index >= 15 is 0 Å². The highest BCUT2D eigenvalue weighted by molar-refractivity contribution is 8.94. The second kappa shape index (κ2) is 7.86. The van der Waals surface area contributed by atoms with Crippen LogP contribution in [0.15, 0.2) is 141 Å². The Balaban J connectivity index is 2.00. The third-order valence-electron chi connectivity index (χ3n) is 4.19. The van der Waals surface area contributed by atoms with Crippen molar-refractivity contribution in [1.29, 1.82) is 0 Å². The van der Waals surface area contributed by atoms with Gasteiger partial charge in [0.25, 0.3) is 0 Å². The van der Waals surface area contributed by atoms with E-state index in [2.05, 4.69) is 121 Å². The Morgan fingerprint density at radius 3 is 1.04 bits per heavy atom. The summed E-state index contributed by atoms with van der Waals surface area (Å²) >= 11 is 0. The van der Waals surface area contributed by atoms with Crippen LogP contribution in [0.1, 0.15) is 0 Å². The number of benzene rings is 4. The van der Waals surface area contributed by atoms with Crippen molar-refractivity contribution in [2.45, 2.75) is 19.6 Å². The van der Waals surface area contributed by atoms with Crippen LogP contribution in [0.25, 0.3) is 0 Å². The van der Waals surface area contributed by atoms with Crippen LogP contribution in [-0.2, 0) is 0 Å². The van der Waals surface area contributed by atoms with Gasteiger partial charge in [0.1, 0.15) is 0 Å². The summed E-state index contributed by atoms with van der Waals surface area (Å²) in [6.07, 6.45) is 0. The summed E-state index contributed by atoms with van der Waals surface area (Å²) < 4.78 is 0. The molecule has 0 fully saturated rings. The van der Waals surface area contributed by atoms with E-state index in [-0.39, 0.29) is 0 Å². The summed E-state index contributed by atoms with van der Waals surface area (Å²) in [5, 5.41) is 0. The lowest BCUT2D eigenvalue weighted by atomic mass is 10.4. The van der Waals surface area contributed by atoms with E-state index in [4.69, 9.17) is 0 Å². The molecule has 4 aromatic carbocycles. The predicted octanol–water partition coefficient (Wildman–Crippen LogP) is 7.68. The van der Waals surface area contributed by atoms with Crippen LogP contribution in [0.3, 0.4) is 0 Å². The second-order valence-electron chi connectivity index (χ2n) is 5.89. The van der Waals surface area contributed by atoms with Crippen molar-refractivity contribution in [2.75, 3.05) is 0 Å². The molecule has 0 unspecified atom stereocenters. The summed E-state index contributed by atoms with van der Waals surface area (Å²) in [5.41, 5.74) is 0. The van der Waals surface area contributed by atoms with Gasteiger partial charge in [-0.05, 0) is 48.5 Å². The third kappa shape index (κ3) is 3.31. The lowest BCUT2D eigenvalue weighted by molar-refractivity contribution is 1.32. The molecule has 26 heavy (non-hydrogen) atoms. The molecule has 0 aromatic heterocycles. The molecule has 4 rings (SSSR count). The van der Waals surface area contributed by atoms with Crippen LogP contribution in [0, 0.1) is 0 Å². The van der Waals surface area contributed by atoms with E-state index in [9.17, 15) is 0 Å². The fourth-order valence-corrected chi connectivity index (χ4v) is 9.36. The molecular weight excluding hydrogens is 352 g/mol. The van der Waals surface area contributed by atoms with Crippen LogP contribution in [0.2, 0.25) is 0 Å². The lowest BCUT2D eigenvalue weighted by Crippen LogP contribution is -1.99. The van der Waals surface area contributed by atoms with Gasteiger partial charge in [-0.1, -0.05) is 83.6 Å². The SMILES string of the molecule is c1ccc(SS(c2ccccc2)(c2ccccc2)c2ccccc2)cc1. The van der Waals surface area contributed by atoms with E-state index in [1.165, 1.54) is 19.6 Å². The average molecular weight is 373 g/mol. The maximum absolute atomic E-state index is 2.27. The molecule has 0 saturated heterocycles. The fraction of sp³-hybridized carbons (Fsp3) is 0. The molecule has 2 heteroatoms. The molecule has 0 N–H and O–H groups in total. The predicted molar refractivity (Wildman–Crippen MR) is 114 cm³/mol. The molecule has 0 heterocycles. The van der Waals surface area contributed by atoms with Gasteiger partial charge in [0.05, 0.1) is 0 Å². The molecule has 0 aliphatic rings. The van der Waals surface area contributed by atoms with Gasteiger partial charge in [0.15, 0.2) is 0 Å². The lowest BCUT2D eigenvalue weighted by Gasteiger charge is -2.40. The van der Waals surface area contributed by atoms with Crippen molar-refractivity contribution in [3.05, 3.63) is 121 Å². The molecule has 0 aliphatic carbocycles. The molecule has 0 atom stereocenters. The summed E-state index contributed by atoms with van der Waals surface area (Å²) in [5.74, 6) is 0. The van der Waals surface area contributed by atoms with Crippen molar-refractivity contribution < 1.29 is 0 Å². The zero-order valence-electron chi connectivity index (χ0n) is 14.4. The smallest absolute Gasteiger partial charge is 0.0177 e. The minimum atomic E-state index is -1.47. The van der Waals surface area contributed by atoms with Gasteiger partial charge in [-0.15, -0.1) is 9.06 Å². The standard InChI is InChI=1S/C24H20S2/c1-5-13-21(14-6-1)25-26(22-15-7-2-8-16-22,23-17-9-3-10-18-23)24-19-11-4-12-20-24/h1-20H. The van der Waals surface area contributed by atoms with Crippen LogP contribution in [-0.4, -0.2) is 0 Å². The normalized spacial score (nSPS) is 11.8. The Labute approximate surface area is 160 Å². The first-order valence-corrected chi connectivity index (χ1v) is 11.6. The van der Waals surface area contributed by atoms with Gasteiger partial charge in [-0.2, -0.15) is 0 Å². The minimum Gasteiger partial charge on any atom is -0.106 e. The number of rotatable bonds is 5. The van der Waals surface area contributed by atoms with Crippen molar-refractivity contribution in [3.63, 3.8) is 0 Å². The summed E-state index contributed by atoms with van der Waals surface area (Å²) in [6.45, 7) is 0. The third-order valence-corrected chi connectivity index (χ3v) is 10.8. The maximum Gasteiger partial charge on any atom is 0.0177 e. The van der Waals surface area contributed by atoms with Crippen molar-refractivity contribution >= 4 is 19.9 Å². The van der Waals surface area contributed by atoms with Crippen molar-refractivity contribution in [1.82, 2.24) is 0 Å². The molecule has 128 valence electrons. The average Bonchev–Trinajstić information content (AvgIpc) is 2.75. The highest BCUT2D eigenvalue weighted by atomic mass is 33.2. The van der Waals surface area contributed by atoms with E-state index in [0.717, 1.165) is 0 Å². The maximum atomic E-state index is 2.27. The van der Waals surface area contributed by atoms with E-state index in [1.54, 1.807) is 0 Å². The zero-order valence-corrected chi connectivity index (χ0v) is 16.0. The van der Waals surface area contributed by atoms with Gasteiger partial charge in [-0.3, -0.25) is 0 Å². The topological polar surface area (TPSA) is 0 Å². The van der Waals surface area contributed by atoms with Crippen molar-refractivity contribution in [2.24, 2.45) is 0 Å². The molecule has 0 radical (unpaired) electrons. The Morgan fingerprint density at radius 1 is 0.385 bits per heavy atom. The van der Waals surface area contributed by atoms with Crippen molar-refractivity contribution in [3.8, 4) is 0 Å². The molecule has 0 amide bonds. The fourth-order valence-electron chi connectivity index (χ4n) is 3.01. The molecule has 4 aromatic rings. The summed E-state index contributed by atoms with van der Waals surface area (Å²) in [7, 11) is 0.510. The second-order valence-corrected chi connectivity index (χ2v) is 11.1. The van der Waals surface area contributed by atoms with E-state index < -0.39 is 9.06 Å². The first-order chi connectivity index (χ1) is 12.9. The number of hydrogen-bond donors (Lipinski definition) is 0. The molecule has 0 aliphatic heterocycles. The highest BCUT2D eigenvalue weighted by Gasteiger charge is 2.32. The van der Waals surface area contributed by atoms with Crippen LogP contribution < -0.4 is 0 Å². The largest absolute Gasteiger partial charge is 0.106 e. The summed E-state index contributed by atoms with van der Waals surface area (Å²) in [6, 6.07) is 43.5. The first-order valence-electron chi connectivity index (χ1n) is 8.63. The van der Waals surface area contributed by atoms with Gasteiger partial charge in [-0.25, -0.2) is 0 Å². The first kappa shape index (κ1) is 17.0. The van der Waals surface area contributed by atoms with E-state index in [1.807, 2.05) is 10.8 Å². The zero-order chi connectivity index (χ0) is 17.7. The molecule has 0 bridgehead atoms. The monoisotopic (exact) mass is 372 g/mol. The number of hydrogen-bond acceptors (Lipinski definition) is 1. The Bertz CT molecular complexity index is 840. The van der Waals surface area contributed by atoms with Gasteiger partial charge in [0, 0.05) is 19.6 Å². The Hall–Kier alpha value is -2.42. The van der Waals surface area contributed by atoms with Gasteiger partial charge < -0.3 is 0 Å². The van der Waals surface area contributed by atoms with Gasteiger partial charge >= 0.3 is 0 Å². The van der Waals surface area contributed by atoms with Gasteiger partial charge in [0.2, 0.25) is 0 Å². The highest BCUT2D eigenvalue weighted by Crippen LogP contribution is 2.78. The Morgan fingerprint density at radius 2 is 0.692 bits per heavy atom. The van der Waals surface area contributed by atoms with Crippen LogP contribution >= 0.6 is 19.9 Å². The van der Waals surface area contributed by atoms with Crippen LogP contribution in [0.4, 0.5) is 0 Å². The molecule has 0 saturated carbocycles. The summed E-state index contributed by atoms with van der Waals surface area (Å²) in [4.78, 5) is 5.39. The molecule has 0 spiro atoms. The van der Waals surface area contributed by atoms with Crippen LogP contribution in [0.5, 0.6) is 0 Å². The molecule has 0 nitrogen and oxygen atoms in total. The minimum absolute atomic E-state index is 1.29. The Kier molecular flexibility index (Phi) is 5.14. The molecular formula is C24H20S2. The quantitative estimate of drug-likeness (QED) is 0.324. The van der Waals surface area contributed by atoms with E-state index in [0.29, 0.717) is 0 Å².